The van der Waals surface area contributed by atoms with Gasteiger partial charge in [-0.3, -0.25) is 14.5 Å². The largest absolute Gasteiger partial charge is 0.398 e. The van der Waals surface area contributed by atoms with E-state index in [9.17, 15) is 9.59 Å². The number of nitrogen functional groups attached to an aromatic ring is 1. The number of halogens is 2. The minimum absolute atomic E-state index is 0.0774. The molecule has 154 valence electrons. The van der Waals surface area contributed by atoms with Crippen LogP contribution >= 0.6 is 27.5 Å². The number of hydrogen-bond acceptors (Lipinski definition) is 4. The Morgan fingerprint density at radius 1 is 1.17 bits per heavy atom. The molecule has 6 nitrogen and oxygen atoms in total. The summed E-state index contributed by atoms with van der Waals surface area (Å²) in [5.41, 5.74) is 7.77. The summed E-state index contributed by atoms with van der Waals surface area (Å²) in [4.78, 5) is 26.7. The maximum Gasteiger partial charge on any atom is 0.253 e. The summed E-state index contributed by atoms with van der Waals surface area (Å²) in [6.45, 7) is 3.34. The molecule has 8 heteroatoms. The summed E-state index contributed by atoms with van der Waals surface area (Å²) in [6.07, 6.45) is 1.04. The third-order valence-electron chi connectivity index (χ3n) is 4.95. The number of anilines is 1. The molecule has 0 radical (unpaired) electrons. The maximum absolute atomic E-state index is 12.2. The van der Waals surface area contributed by atoms with Gasteiger partial charge in [-0.2, -0.15) is 0 Å². The first-order valence-electron chi connectivity index (χ1n) is 9.47. The zero-order chi connectivity index (χ0) is 20.8. The van der Waals surface area contributed by atoms with Crippen molar-refractivity contribution in [2.75, 3.05) is 31.9 Å². The first kappa shape index (κ1) is 21.6. The van der Waals surface area contributed by atoms with Crippen LogP contribution in [0.25, 0.3) is 0 Å². The highest BCUT2D eigenvalue weighted by molar-refractivity contribution is 9.10. The van der Waals surface area contributed by atoms with E-state index < -0.39 is 0 Å². The number of benzene rings is 2. The van der Waals surface area contributed by atoms with Gasteiger partial charge in [-0.1, -0.05) is 39.7 Å². The molecule has 0 bridgehead atoms. The minimum atomic E-state index is -0.367. The van der Waals surface area contributed by atoms with Crippen LogP contribution in [0.4, 0.5) is 5.69 Å². The van der Waals surface area contributed by atoms with Crippen LogP contribution < -0.4 is 16.4 Å². The fourth-order valence-corrected chi connectivity index (χ4v) is 3.86. The summed E-state index contributed by atoms with van der Waals surface area (Å²) >= 11 is 9.24. The van der Waals surface area contributed by atoms with Gasteiger partial charge in [0.05, 0.1) is 12.1 Å². The predicted octanol–water partition coefficient (Wildman–Crippen LogP) is 3.05. The lowest BCUT2D eigenvalue weighted by molar-refractivity contribution is -0.120. The Kier molecular flexibility index (Phi) is 7.52. The van der Waals surface area contributed by atoms with Gasteiger partial charge in [-0.25, -0.2) is 0 Å². The number of nitrogens with two attached hydrogens (primary N) is 1. The standard InChI is InChI=1S/C21H24BrClN4O2/c22-16-3-6-19(24)18(9-16)21(29)26-11-20(28)25-10-15-7-8-27(13-15)12-14-1-4-17(23)5-2-14/h1-6,9,15H,7-8,10-13,24H2,(H,25,28)(H,26,29). The number of hydrogen-bond donors (Lipinski definition) is 3. The van der Waals surface area contributed by atoms with Crippen LogP contribution in [-0.4, -0.2) is 42.9 Å². The summed E-state index contributed by atoms with van der Waals surface area (Å²) in [7, 11) is 0. The lowest BCUT2D eigenvalue weighted by Gasteiger charge is -2.16. The molecule has 1 unspecified atom stereocenters. The molecule has 1 aliphatic rings. The minimum Gasteiger partial charge on any atom is -0.398 e. The molecule has 4 N–H and O–H groups in total. The average molecular weight is 480 g/mol. The Morgan fingerprint density at radius 3 is 2.69 bits per heavy atom. The number of rotatable bonds is 7. The molecule has 0 aliphatic carbocycles. The summed E-state index contributed by atoms with van der Waals surface area (Å²) < 4.78 is 0.755. The lowest BCUT2D eigenvalue weighted by atomic mass is 10.1. The van der Waals surface area contributed by atoms with E-state index in [1.807, 2.05) is 24.3 Å². The monoisotopic (exact) mass is 478 g/mol. The zero-order valence-corrected chi connectivity index (χ0v) is 18.3. The van der Waals surface area contributed by atoms with E-state index in [2.05, 4.69) is 31.5 Å². The molecule has 0 spiro atoms. The Bertz CT molecular complexity index is 875. The van der Waals surface area contributed by atoms with E-state index >= 15 is 0 Å². The Labute approximate surface area is 183 Å². The van der Waals surface area contributed by atoms with E-state index in [1.54, 1.807) is 18.2 Å². The first-order valence-corrected chi connectivity index (χ1v) is 10.6. The molecular weight excluding hydrogens is 456 g/mol. The van der Waals surface area contributed by atoms with E-state index in [-0.39, 0.29) is 18.4 Å². The third-order valence-corrected chi connectivity index (χ3v) is 5.69. The Morgan fingerprint density at radius 2 is 1.93 bits per heavy atom. The van der Waals surface area contributed by atoms with Crippen molar-refractivity contribution in [3.05, 3.63) is 63.1 Å². The van der Waals surface area contributed by atoms with Crippen LogP contribution in [0.3, 0.4) is 0 Å². The van der Waals surface area contributed by atoms with Crippen LogP contribution in [0.1, 0.15) is 22.3 Å². The average Bonchev–Trinajstić information content (AvgIpc) is 3.15. The maximum atomic E-state index is 12.2. The van der Waals surface area contributed by atoms with Crippen LogP contribution in [0.15, 0.2) is 46.9 Å². The molecule has 1 heterocycles. The Balaban J connectivity index is 1.38. The molecule has 1 atom stereocenters. The molecule has 1 saturated heterocycles. The second-order valence-electron chi connectivity index (χ2n) is 7.23. The fourth-order valence-electron chi connectivity index (χ4n) is 3.37. The van der Waals surface area contributed by atoms with Gasteiger partial charge >= 0.3 is 0 Å². The van der Waals surface area contributed by atoms with Gasteiger partial charge in [0.2, 0.25) is 5.91 Å². The highest BCUT2D eigenvalue weighted by Gasteiger charge is 2.23. The highest BCUT2D eigenvalue weighted by Crippen LogP contribution is 2.20. The van der Waals surface area contributed by atoms with Crippen molar-refractivity contribution in [1.82, 2.24) is 15.5 Å². The van der Waals surface area contributed by atoms with Crippen molar-refractivity contribution >= 4 is 45.0 Å². The molecule has 3 rings (SSSR count). The van der Waals surface area contributed by atoms with Crippen molar-refractivity contribution in [1.29, 1.82) is 0 Å². The normalized spacial score (nSPS) is 16.6. The van der Waals surface area contributed by atoms with E-state index in [0.29, 0.717) is 23.7 Å². The van der Waals surface area contributed by atoms with Crippen molar-refractivity contribution in [2.24, 2.45) is 5.92 Å². The Hall–Kier alpha value is -2.09. The topological polar surface area (TPSA) is 87.5 Å². The second-order valence-corrected chi connectivity index (χ2v) is 8.59. The summed E-state index contributed by atoms with van der Waals surface area (Å²) in [5.74, 6) is -0.167. The van der Waals surface area contributed by atoms with E-state index in [0.717, 1.165) is 35.6 Å². The van der Waals surface area contributed by atoms with Crippen LogP contribution in [-0.2, 0) is 11.3 Å². The van der Waals surface area contributed by atoms with Crippen LogP contribution in [0.2, 0.25) is 5.02 Å². The molecule has 2 amide bonds. The number of likely N-dealkylation sites (tertiary alicyclic amines) is 1. The zero-order valence-electron chi connectivity index (χ0n) is 16.0. The molecule has 2 aromatic carbocycles. The van der Waals surface area contributed by atoms with Crippen LogP contribution in [0, 0.1) is 5.92 Å². The van der Waals surface area contributed by atoms with Crippen molar-refractivity contribution in [2.45, 2.75) is 13.0 Å². The fraction of sp³-hybridized carbons (Fsp3) is 0.333. The molecule has 29 heavy (non-hydrogen) atoms. The lowest BCUT2D eigenvalue weighted by Crippen LogP contribution is -2.39. The van der Waals surface area contributed by atoms with Crippen molar-refractivity contribution in [3.63, 3.8) is 0 Å². The van der Waals surface area contributed by atoms with E-state index in [4.69, 9.17) is 17.3 Å². The molecular formula is C21H24BrClN4O2. The van der Waals surface area contributed by atoms with Gasteiger partial charge in [-0.15, -0.1) is 0 Å². The highest BCUT2D eigenvalue weighted by atomic mass is 79.9. The van der Waals surface area contributed by atoms with Gasteiger partial charge in [0.25, 0.3) is 5.91 Å². The summed E-state index contributed by atoms with van der Waals surface area (Å²) in [6, 6.07) is 12.9. The molecule has 1 aliphatic heterocycles. The number of amides is 2. The van der Waals surface area contributed by atoms with Crippen LogP contribution in [0.5, 0.6) is 0 Å². The van der Waals surface area contributed by atoms with Gasteiger partial charge in [0, 0.05) is 34.8 Å². The molecule has 0 saturated carbocycles. The number of nitrogens with one attached hydrogen (secondary N) is 2. The van der Waals surface area contributed by atoms with Gasteiger partial charge < -0.3 is 16.4 Å². The molecule has 0 aromatic heterocycles. The summed E-state index contributed by atoms with van der Waals surface area (Å²) in [5, 5.41) is 6.27. The number of nitrogens with zero attached hydrogens (tertiary/aromatic N) is 1. The third kappa shape index (κ3) is 6.45. The quantitative estimate of drug-likeness (QED) is 0.533. The van der Waals surface area contributed by atoms with Gasteiger partial charge in [-0.05, 0) is 54.8 Å². The van der Waals surface area contributed by atoms with E-state index in [1.165, 1.54) is 5.56 Å². The van der Waals surface area contributed by atoms with Crippen molar-refractivity contribution < 1.29 is 9.59 Å². The first-order chi connectivity index (χ1) is 13.9. The SMILES string of the molecule is Nc1ccc(Br)cc1C(=O)NCC(=O)NCC1CCN(Cc2ccc(Cl)cc2)C1. The van der Waals surface area contributed by atoms with Gasteiger partial charge in [0.1, 0.15) is 0 Å². The molecule has 1 fully saturated rings. The van der Waals surface area contributed by atoms with Crippen molar-refractivity contribution in [3.8, 4) is 0 Å². The van der Waals surface area contributed by atoms with Gasteiger partial charge in [0.15, 0.2) is 0 Å². The number of carbonyl (C=O) groups is 2. The second kappa shape index (κ2) is 10.1. The molecule has 2 aromatic rings. The number of carbonyl (C=O) groups excluding carboxylic acids is 2. The predicted molar refractivity (Wildman–Crippen MR) is 119 cm³/mol. The smallest absolute Gasteiger partial charge is 0.253 e.